The molecule has 200 valence electrons. The number of benzene rings is 1. The first-order chi connectivity index (χ1) is 18.6. The van der Waals surface area contributed by atoms with Crippen molar-refractivity contribution >= 4 is 39.1 Å². The molecule has 1 aliphatic rings. The summed E-state index contributed by atoms with van der Waals surface area (Å²) in [6, 6.07) is 13.9. The molecule has 0 saturated carbocycles. The Labute approximate surface area is 225 Å². The van der Waals surface area contributed by atoms with Crippen molar-refractivity contribution < 1.29 is 4.74 Å². The standard InChI is InChI=1S/C27H34N8O2S/c1-3-15-35(21-11-6-12-22(32-21)37-2)16-14-29-27-33-24(30-18-8-7-13-28-17-18)23(25(36)34-27)26-31-19-9-4-5-10-20(19)38-26/h4-6,9-12,18,28H,3,7-8,13-17H2,1-2H3,(H3,29,30,33,34,36)/t18-/m1/s1. The molecule has 11 heteroatoms. The summed E-state index contributed by atoms with van der Waals surface area (Å²) in [5, 5.41) is 10.9. The van der Waals surface area contributed by atoms with Crippen molar-refractivity contribution in [1.29, 1.82) is 0 Å². The second-order valence-electron chi connectivity index (χ2n) is 9.26. The Bertz CT molecular complexity index is 1380. The molecular formula is C27H34N8O2S. The van der Waals surface area contributed by atoms with Gasteiger partial charge in [0.25, 0.3) is 5.56 Å². The van der Waals surface area contributed by atoms with E-state index in [-0.39, 0.29) is 11.6 Å². The number of aromatic amines is 1. The fourth-order valence-corrected chi connectivity index (χ4v) is 5.63. The van der Waals surface area contributed by atoms with Crippen LogP contribution in [-0.2, 0) is 0 Å². The van der Waals surface area contributed by atoms with Gasteiger partial charge in [0.05, 0.1) is 17.3 Å². The Balaban J connectivity index is 1.38. The lowest BCUT2D eigenvalue weighted by Gasteiger charge is -2.25. The van der Waals surface area contributed by atoms with E-state index in [1.54, 1.807) is 7.11 Å². The van der Waals surface area contributed by atoms with Crippen LogP contribution in [0.2, 0.25) is 0 Å². The molecule has 0 bridgehead atoms. The molecular weight excluding hydrogens is 500 g/mol. The maximum Gasteiger partial charge on any atom is 0.264 e. The number of pyridine rings is 1. The van der Waals surface area contributed by atoms with Crippen LogP contribution in [0.4, 0.5) is 17.6 Å². The summed E-state index contributed by atoms with van der Waals surface area (Å²) in [6.45, 7) is 6.09. The number of aromatic nitrogens is 4. The first kappa shape index (κ1) is 25.9. The number of hydrogen-bond acceptors (Lipinski definition) is 10. The average Bonchev–Trinajstić information content (AvgIpc) is 3.36. The van der Waals surface area contributed by atoms with Gasteiger partial charge in [-0.1, -0.05) is 25.1 Å². The number of nitrogens with zero attached hydrogens (tertiary/aromatic N) is 4. The van der Waals surface area contributed by atoms with Crippen molar-refractivity contribution in [3.63, 3.8) is 0 Å². The third-order valence-electron chi connectivity index (χ3n) is 6.47. The first-order valence-corrected chi connectivity index (χ1v) is 13.9. The zero-order valence-electron chi connectivity index (χ0n) is 21.8. The lowest BCUT2D eigenvalue weighted by Crippen LogP contribution is -2.39. The van der Waals surface area contributed by atoms with Gasteiger partial charge >= 0.3 is 0 Å². The minimum atomic E-state index is -0.215. The first-order valence-electron chi connectivity index (χ1n) is 13.1. The smallest absolute Gasteiger partial charge is 0.264 e. The normalized spacial score (nSPS) is 15.4. The second kappa shape index (κ2) is 12.2. The number of rotatable bonds is 11. The highest BCUT2D eigenvalue weighted by Crippen LogP contribution is 2.32. The monoisotopic (exact) mass is 534 g/mol. The summed E-state index contributed by atoms with van der Waals surface area (Å²) in [6.07, 6.45) is 3.07. The number of thiazole rings is 1. The predicted octanol–water partition coefficient (Wildman–Crippen LogP) is 3.94. The van der Waals surface area contributed by atoms with Gasteiger partial charge in [-0.3, -0.25) is 9.78 Å². The van der Waals surface area contributed by atoms with Crippen molar-refractivity contribution in [1.82, 2.24) is 25.3 Å². The quantitative estimate of drug-likeness (QED) is 0.227. The second-order valence-corrected chi connectivity index (χ2v) is 10.3. The van der Waals surface area contributed by atoms with Crippen molar-refractivity contribution in [2.75, 3.05) is 55.4 Å². The van der Waals surface area contributed by atoms with Gasteiger partial charge in [-0.15, -0.1) is 11.3 Å². The average molecular weight is 535 g/mol. The molecule has 1 aromatic carbocycles. The van der Waals surface area contributed by atoms with Crippen LogP contribution in [0.25, 0.3) is 20.8 Å². The summed E-state index contributed by atoms with van der Waals surface area (Å²) < 4.78 is 6.33. The molecule has 1 fully saturated rings. The van der Waals surface area contributed by atoms with Gasteiger partial charge in [0.1, 0.15) is 22.2 Å². The van der Waals surface area contributed by atoms with Crippen LogP contribution in [0.15, 0.2) is 47.3 Å². The van der Waals surface area contributed by atoms with Crippen LogP contribution < -0.4 is 31.1 Å². The fourth-order valence-electron chi connectivity index (χ4n) is 4.62. The number of methoxy groups -OCH3 is 1. The number of hydrogen-bond donors (Lipinski definition) is 4. The van der Waals surface area contributed by atoms with Gasteiger partial charge < -0.3 is 25.6 Å². The highest BCUT2D eigenvalue weighted by molar-refractivity contribution is 7.21. The van der Waals surface area contributed by atoms with Crippen molar-refractivity contribution in [2.24, 2.45) is 0 Å². The largest absolute Gasteiger partial charge is 0.481 e. The topological polar surface area (TPSA) is 120 Å². The Hall–Kier alpha value is -3.70. The maximum absolute atomic E-state index is 13.4. The van der Waals surface area contributed by atoms with Crippen LogP contribution in [0, 0.1) is 0 Å². The Morgan fingerprint density at radius 1 is 1.13 bits per heavy atom. The highest BCUT2D eigenvalue weighted by atomic mass is 32.1. The molecule has 3 aromatic heterocycles. The van der Waals surface area contributed by atoms with Gasteiger partial charge in [0.15, 0.2) is 0 Å². The van der Waals surface area contributed by atoms with Crippen LogP contribution >= 0.6 is 11.3 Å². The zero-order valence-corrected chi connectivity index (χ0v) is 22.6. The summed E-state index contributed by atoms with van der Waals surface area (Å²) in [5.41, 5.74) is 1.14. The molecule has 1 aliphatic heterocycles. The molecule has 1 saturated heterocycles. The van der Waals surface area contributed by atoms with E-state index in [1.807, 2.05) is 42.5 Å². The minimum Gasteiger partial charge on any atom is -0.481 e. The summed E-state index contributed by atoms with van der Waals surface area (Å²) in [7, 11) is 1.62. The van der Waals surface area contributed by atoms with Crippen molar-refractivity contribution in [3.8, 4) is 16.5 Å². The van der Waals surface area contributed by atoms with Crippen LogP contribution in [0.1, 0.15) is 26.2 Å². The lowest BCUT2D eigenvalue weighted by atomic mass is 10.1. The number of piperidine rings is 1. The van der Waals surface area contributed by atoms with Crippen LogP contribution in [0.5, 0.6) is 5.88 Å². The Morgan fingerprint density at radius 3 is 2.82 bits per heavy atom. The molecule has 0 spiro atoms. The highest BCUT2D eigenvalue weighted by Gasteiger charge is 2.21. The summed E-state index contributed by atoms with van der Waals surface area (Å²) in [5.74, 6) is 2.43. The van der Waals surface area contributed by atoms with Gasteiger partial charge in [-0.25, -0.2) is 4.98 Å². The van der Waals surface area contributed by atoms with E-state index < -0.39 is 0 Å². The zero-order chi connectivity index (χ0) is 26.3. The minimum absolute atomic E-state index is 0.193. The number of nitrogens with one attached hydrogen (secondary N) is 4. The maximum atomic E-state index is 13.4. The molecule has 4 aromatic rings. The van der Waals surface area contributed by atoms with Gasteiger partial charge in [0.2, 0.25) is 11.8 Å². The van der Waals surface area contributed by atoms with E-state index in [1.165, 1.54) is 11.3 Å². The number of ether oxygens (including phenoxy) is 1. The van der Waals surface area contributed by atoms with E-state index in [0.717, 1.165) is 54.9 Å². The van der Waals surface area contributed by atoms with Gasteiger partial charge in [-0.2, -0.15) is 9.97 Å². The molecule has 0 aliphatic carbocycles. The SMILES string of the molecule is CCCN(CCNc1nc(N[C@@H]2CCCNC2)c(-c2nc3ccccc3s2)c(=O)[nH]1)c1cccc(OC)n1. The van der Waals surface area contributed by atoms with Gasteiger partial charge in [0, 0.05) is 38.3 Å². The molecule has 4 heterocycles. The van der Waals surface area contributed by atoms with Gasteiger partial charge in [-0.05, 0) is 44.0 Å². The number of H-pyrrole nitrogens is 1. The molecule has 38 heavy (non-hydrogen) atoms. The molecule has 4 N–H and O–H groups in total. The van der Waals surface area contributed by atoms with E-state index >= 15 is 0 Å². The fraction of sp³-hybridized carbons (Fsp3) is 0.407. The van der Waals surface area contributed by atoms with E-state index in [4.69, 9.17) is 14.7 Å². The van der Waals surface area contributed by atoms with E-state index in [2.05, 4.69) is 37.7 Å². The van der Waals surface area contributed by atoms with Crippen molar-refractivity contribution in [2.45, 2.75) is 32.2 Å². The molecule has 0 radical (unpaired) electrons. The molecule has 5 rings (SSSR count). The lowest BCUT2D eigenvalue weighted by molar-refractivity contribution is 0.398. The summed E-state index contributed by atoms with van der Waals surface area (Å²) in [4.78, 5) is 32.7. The Morgan fingerprint density at radius 2 is 2.03 bits per heavy atom. The van der Waals surface area contributed by atoms with Crippen LogP contribution in [0.3, 0.4) is 0 Å². The molecule has 10 nitrogen and oxygen atoms in total. The molecule has 0 unspecified atom stereocenters. The number of fused-ring (bicyclic) bond motifs is 1. The third-order valence-corrected chi connectivity index (χ3v) is 7.53. The third kappa shape index (κ3) is 6.05. The Kier molecular flexibility index (Phi) is 8.34. The number of para-hydroxylation sites is 1. The number of anilines is 3. The molecule has 1 atom stereocenters. The van der Waals surface area contributed by atoms with E-state index in [9.17, 15) is 4.79 Å². The van der Waals surface area contributed by atoms with Crippen molar-refractivity contribution in [3.05, 3.63) is 52.8 Å². The molecule has 0 amide bonds. The van der Waals surface area contributed by atoms with Crippen LogP contribution in [-0.4, -0.2) is 65.8 Å². The summed E-state index contributed by atoms with van der Waals surface area (Å²) >= 11 is 1.50. The predicted molar refractivity (Wildman–Crippen MR) is 155 cm³/mol. The van der Waals surface area contributed by atoms with E-state index in [0.29, 0.717) is 41.3 Å².